The average molecular weight is 354 g/mol. The first-order valence-electron chi connectivity index (χ1n) is 4.99. The van der Waals surface area contributed by atoms with Crippen LogP contribution in [-0.4, -0.2) is 15.7 Å². The largest absolute Gasteiger partial charge is 0.293 e. The van der Waals surface area contributed by atoms with Crippen LogP contribution >= 0.6 is 22.6 Å². The van der Waals surface area contributed by atoms with Crippen molar-refractivity contribution >= 4 is 34.1 Å². The number of para-hydroxylation sites is 1. The van der Waals surface area contributed by atoms with E-state index in [1.54, 1.807) is 30.5 Å². The molecule has 0 aliphatic heterocycles. The number of carbonyl (C=O) groups is 1. The first-order valence-corrected chi connectivity index (χ1v) is 6.07. The third kappa shape index (κ3) is 2.37. The molecule has 0 aliphatic rings. The standard InChI is InChI=1S/C12H7IN2O3/c13-10-5-1-4-9(11(10)15(17)18)12(16)8-3-2-6-14-7-8/h1-7H. The summed E-state index contributed by atoms with van der Waals surface area (Å²) in [5.74, 6) is -0.395. The number of ketones is 1. The number of carbonyl (C=O) groups excluding carboxylic acids is 1. The van der Waals surface area contributed by atoms with Crippen LogP contribution < -0.4 is 0 Å². The van der Waals surface area contributed by atoms with Crippen molar-refractivity contribution in [2.45, 2.75) is 0 Å². The van der Waals surface area contributed by atoms with Crippen molar-refractivity contribution in [3.05, 3.63) is 67.5 Å². The topological polar surface area (TPSA) is 73.1 Å². The summed E-state index contributed by atoms with van der Waals surface area (Å²) in [6.45, 7) is 0. The number of pyridine rings is 1. The van der Waals surface area contributed by atoms with Crippen molar-refractivity contribution < 1.29 is 9.72 Å². The third-order valence-electron chi connectivity index (χ3n) is 2.34. The number of hydrogen-bond acceptors (Lipinski definition) is 4. The zero-order chi connectivity index (χ0) is 13.1. The molecule has 90 valence electrons. The zero-order valence-corrected chi connectivity index (χ0v) is 11.2. The number of halogens is 1. The number of nitrogens with zero attached hydrogens (tertiary/aromatic N) is 2. The molecule has 0 saturated heterocycles. The van der Waals surface area contributed by atoms with Gasteiger partial charge < -0.3 is 0 Å². The maximum atomic E-state index is 12.2. The molecule has 6 heteroatoms. The molecular formula is C12H7IN2O3. The Balaban J connectivity index is 2.56. The molecule has 1 aromatic carbocycles. The molecule has 0 bridgehead atoms. The van der Waals surface area contributed by atoms with Crippen LogP contribution in [0.5, 0.6) is 0 Å². The van der Waals surface area contributed by atoms with Crippen molar-refractivity contribution in [2.24, 2.45) is 0 Å². The van der Waals surface area contributed by atoms with Crippen molar-refractivity contribution in [1.82, 2.24) is 4.98 Å². The van der Waals surface area contributed by atoms with Gasteiger partial charge in [-0.15, -0.1) is 0 Å². The molecule has 18 heavy (non-hydrogen) atoms. The van der Waals surface area contributed by atoms with Crippen molar-refractivity contribution in [1.29, 1.82) is 0 Å². The van der Waals surface area contributed by atoms with E-state index in [2.05, 4.69) is 4.98 Å². The van der Waals surface area contributed by atoms with E-state index in [9.17, 15) is 14.9 Å². The highest BCUT2D eigenvalue weighted by atomic mass is 127. The molecule has 5 nitrogen and oxygen atoms in total. The molecular weight excluding hydrogens is 347 g/mol. The van der Waals surface area contributed by atoms with Crippen LogP contribution in [0.1, 0.15) is 15.9 Å². The molecule has 0 atom stereocenters. The van der Waals surface area contributed by atoms with Crippen LogP contribution in [0, 0.1) is 13.7 Å². The Morgan fingerprint density at radius 3 is 2.67 bits per heavy atom. The third-order valence-corrected chi connectivity index (χ3v) is 3.21. The number of rotatable bonds is 3. The van der Waals surface area contributed by atoms with Gasteiger partial charge in [0.1, 0.15) is 5.56 Å². The molecule has 0 amide bonds. The lowest BCUT2D eigenvalue weighted by molar-refractivity contribution is -0.386. The maximum Gasteiger partial charge on any atom is 0.293 e. The Morgan fingerprint density at radius 2 is 2.06 bits per heavy atom. The second-order valence-electron chi connectivity index (χ2n) is 3.46. The van der Waals surface area contributed by atoms with Gasteiger partial charge in [-0.3, -0.25) is 19.9 Å². The predicted octanol–water partition coefficient (Wildman–Crippen LogP) is 2.83. The van der Waals surface area contributed by atoms with E-state index in [1.807, 2.05) is 22.6 Å². The summed E-state index contributed by atoms with van der Waals surface area (Å²) in [6, 6.07) is 7.87. The lowest BCUT2D eigenvalue weighted by Gasteiger charge is -2.03. The lowest BCUT2D eigenvalue weighted by Crippen LogP contribution is -2.07. The van der Waals surface area contributed by atoms with Crippen molar-refractivity contribution in [3.8, 4) is 0 Å². The minimum absolute atomic E-state index is 0.0832. The summed E-state index contributed by atoms with van der Waals surface area (Å²) in [5, 5.41) is 11.0. The molecule has 2 aromatic rings. The summed E-state index contributed by atoms with van der Waals surface area (Å²) < 4.78 is 0.437. The van der Waals surface area contributed by atoms with Crippen LogP contribution in [0.15, 0.2) is 42.7 Å². The minimum atomic E-state index is -0.536. The summed E-state index contributed by atoms with van der Waals surface area (Å²) in [4.78, 5) is 26.5. The Kier molecular flexibility index (Phi) is 3.66. The first-order chi connectivity index (χ1) is 8.61. The Labute approximate surface area is 116 Å². The van der Waals surface area contributed by atoms with E-state index < -0.39 is 10.7 Å². The van der Waals surface area contributed by atoms with Gasteiger partial charge in [-0.2, -0.15) is 0 Å². The van der Waals surface area contributed by atoms with E-state index in [-0.39, 0.29) is 11.3 Å². The lowest BCUT2D eigenvalue weighted by atomic mass is 10.0. The van der Waals surface area contributed by atoms with Crippen LogP contribution in [0.4, 0.5) is 5.69 Å². The highest BCUT2D eigenvalue weighted by Crippen LogP contribution is 2.27. The molecule has 0 saturated carbocycles. The molecule has 0 unspecified atom stereocenters. The SMILES string of the molecule is O=C(c1cccnc1)c1cccc(I)c1[N+](=O)[O-]. The minimum Gasteiger partial charge on any atom is -0.288 e. The second kappa shape index (κ2) is 5.21. The number of nitro groups is 1. The fourth-order valence-electron chi connectivity index (χ4n) is 1.54. The van der Waals surface area contributed by atoms with Gasteiger partial charge in [0, 0.05) is 18.0 Å². The summed E-state index contributed by atoms with van der Waals surface area (Å²) in [5.41, 5.74) is 0.259. The zero-order valence-electron chi connectivity index (χ0n) is 9.04. The van der Waals surface area contributed by atoms with E-state index in [4.69, 9.17) is 0 Å². The molecule has 0 N–H and O–H groups in total. The normalized spacial score (nSPS) is 10.1. The second-order valence-corrected chi connectivity index (χ2v) is 4.63. The fraction of sp³-hybridized carbons (Fsp3) is 0. The highest BCUT2D eigenvalue weighted by molar-refractivity contribution is 14.1. The van der Waals surface area contributed by atoms with Crippen LogP contribution in [0.2, 0.25) is 0 Å². The van der Waals surface area contributed by atoms with Crippen LogP contribution in [0.25, 0.3) is 0 Å². The van der Waals surface area contributed by atoms with Gasteiger partial charge in [-0.25, -0.2) is 0 Å². The summed E-state index contributed by atoms with van der Waals surface area (Å²) in [7, 11) is 0. The Morgan fingerprint density at radius 1 is 1.28 bits per heavy atom. The molecule has 2 rings (SSSR count). The van der Waals surface area contributed by atoms with Gasteiger partial charge in [0.15, 0.2) is 0 Å². The van der Waals surface area contributed by atoms with Gasteiger partial charge in [0.2, 0.25) is 5.78 Å². The Bertz CT molecular complexity index is 614. The fourth-order valence-corrected chi connectivity index (χ4v) is 2.23. The van der Waals surface area contributed by atoms with E-state index >= 15 is 0 Å². The first kappa shape index (κ1) is 12.6. The van der Waals surface area contributed by atoms with Gasteiger partial charge in [0.05, 0.1) is 8.49 Å². The maximum absolute atomic E-state index is 12.2. The highest BCUT2D eigenvalue weighted by Gasteiger charge is 2.23. The van der Waals surface area contributed by atoms with E-state index in [0.717, 1.165) is 0 Å². The van der Waals surface area contributed by atoms with Crippen molar-refractivity contribution in [2.75, 3.05) is 0 Å². The van der Waals surface area contributed by atoms with Gasteiger partial charge >= 0.3 is 0 Å². The predicted molar refractivity (Wildman–Crippen MR) is 73.5 cm³/mol. The van der Waals surface area contributed by atoms with Gasteiger partial charge in [-0.05, 0) is 46.9 Å². The molecule has 0 radical (unpaired) electrons. The number of nitro benzene ring substituents is 1. The van der Waals surface area contributed by atoms with Crippen molar-refractivity contribution in [3.63, 3.8) is 0 Å². The van der Waals surface area contributed by atoms with E-state index in [0.29, 0.717) is 9.13 Å². The number of aromatic nitrogens is 1. The number of hydrogen-bond donors (Lipinski definition) is 0. The average Bonchev–Trinajstić information content (AvgIpc) is 2.38. The Hall–Kier alpha value is -1.83. The van der Waals surface area contributed by atoms with Crippen LogP contribution in [-0.2, 0) is 0 Å². The smallest absolute Gasteiger partial charge is 0.288 e. The monoisotopic (exact) mass is 354 g/mol. The molecule has 1 aromatic heterocycles. The summed E-state index contributed by atoms with van der Waals surface area (Å²) in [6.07, 6.45) is 2.94. The molecule has 0 aliphatic carbocycles. The molecule has 0 fully saturated rings. The van der Waals surface area contributed by atoms with Gasteiger partial charge in [-0.1, -0.05) is 6.07 Å². The van der Waals surface area contributed by atoms with Crippen LogP contribution in [0.3, 0.4) is 0 Å². The van der Waals surface area contributed by atoms with E-state index in [1.165, 1.54) is 12.3 Å². The number of benzene rings is 1. The summed E-state index contributed by atoms with van der Waals surface area (Å²) >= 11 is 1.84. The quantitative estimate of drug-likeness (QED) is 0.368. The molecule has 0 spiro atoms. The molecule has 1 heterocycles. The van der Waals surface area contributed by atoms with Gasteiger partial charge in [0.25, 0.3) is 5.69 Å².